The van der Waals surface area contributed by atoms with E-state index >= 15 is 0 Å². The molecule has 0 unspecified atom stereocenters. The Kier molecular flexibility index (Phi) is 2.85. The molecule has 0 spiro atoms. The van der Waals surface area contributed by atoms with Crippen molar-refractivity contribution in [3.8, 4) is 0 Å². The van der Waals surface area contributed by atoms with E-state index in [1.54, 1.807) is 0 Å². The summed E-state index contributed by atoms with van der Waals surface area (Å²) in [5, 5.41) is 8.80. The van der Waals surface area contributed by atoms with Crippen LogP contribution in [0.25, 0.3) is 0 Å². The van der Waals surface area contributed by atoms with E-state index in [0.29, 0.717) is 17.9 Å². The van der Waals surface area contributed by atoms with Crippen LogP contribution >= 0.6 is 0 Å². The SMILES string of the molecule is O=C(O)c1cc(CC2CC2)ccc1C(F)(F)F. The molecule has 5 heteroatoms. The number of rotatable bonds is 3. The summed E-state index contributed by atoms with van der Waals surface area (Å²) in [6.07, 6.45) is -1.81. The molecule has 1 aliphatic carbocycles. The summed E-state index contributed by atoms with van der Waals surface area (Å²) in [4.78, 5) is 10.8. The predicted molar refractivity (Wildman–Crippen MR) is 54.8 cm³/mol. The standard InChI is InChI=1S/C12H11F3O2/c13-12(14,15)10-4-3-8(5-7-1-2-7)6-9(10)11(16)17/h3-4,6-7H,1-2,5H2,(H,16,17). The Hall–Kier alpha value is -1.52. The molecule has 0 heterocycles. The van der Waals surface area contributed by atoms with Crippen LogP contribution in [0.15, 0.2) is 18.2 Å². The molecule has 1 N–H and O–H groups in total. The molecule has 0 saturated heterocycles. The Balaban J connectivity index is 2.36. The van der Waals surface area contributed by atoms with Crippen molar-refractivity contribution in [1.82, 2.24) is 0 Å². The van der Waals surface area contributed by atoms with Gasteiger partial charge in [-0.15, -0.1) is 0 Å². The fraction of sp³-hybridized carbons (Fsp3) is 0.417. The van der Waals surface area contributed by atoms with Gasteiger partial charge in [0.15, 0.2) is 0 Å². The average Bonchev–Trinajstić information content (AvgIpc) is 2.99. The fourth-order valence-corrected chi connectivity index (χ4v) is 1.80. The van der Waals surface area contributed by atoms with Gasteiger partial charge < -0.3 is 5.11 Å². The summed E-state index contributed by atoms with van der Waals surface area (Å²) in [5.74, 6) is -1.02. The van der Waals surface area contributed by atoms with E-state index in [9.17, 15) is 18.0 Å². The molecule has 0 atom stereocenters. The first-order chi connectivity index (χ1) is 7.88. The van der Waals surface area contributed by atoms with Crippen molar-refractivity contribution in [3.63, 3.8) is 0 Å². The highest BCUT2D eigenvalue weighted by Gasteiger charge is 2.35. The van der Waals surface area contributed by atoms with Crippen LogP contribution in [0.3, 0.4) is 0 Å². The zero-order chi connectivity index (χ0) is 12.6. The molecule has 1 fully saturated rings. The maximum Gasteiger partial charge on any atom is 0.417 e. The molecule has 0 radical (unpaired) electrons. The van der Waals surface area contributed by atoms with Gasteiger partial charge in [0, 0.05) is 0 Å². The zero-order valence-electron chi connectivity index (χ0n) is 8.92. The molecule has 0 aromatic heterocycles. The van der Waals surface area contributed by atoms with Crippen molar-refractivity contribution in [2.24, 2.45) is 5.92 Å². The second-order valence-electron chi connectivity index (χ2n) is 4.33. The largest absolute Gasteiger partial charge is 0.478 e. The Morgan fingerprint density at radius 3 is 2.47 bits per heavy atom. The summed E-state index contributed by atoms with van der Waals surface area (Å²) in [6.45, 7) is 0. The summed E-state index contributed by atoms with van der Waals surface area (Å²) < 4.78 is 37.7. The third-order valence-electron chi connectivity index (χ3n) is 2.84. The van der Waals surface area contributed by atoms with E-state index in [0.717, 1.165) is 25.0 Å². The summed E-state index contributed by atoms with van der Waals surface area (Å²) >= 11 is 0. The van der Waals surface area contributed by atoms with Crippen molar-refractivity contribution >= 4 is 5.97 Å². The zero-order valence-corrected chi connectivity index (χ0v) is 8.92. The molecule has 0 aliphatic heterocycles. The van der Waals surface area contributed by atoms with E-state index < -0.39 is 23.3 Å². The number of halogens is 3. The lowest BCUT2D eigenvalue weighted by atomic mass is 10.0. The number of carboxylic acids is 1. The molecule has 17 heavy (non-hydrogen) atoms. The van der Waals surface area contributed by atoms with Gasteiger partial charge in [-0.3, -0.25) is 0 Å². The monoisotopic (exact) mass is 244 g/mol. The fourth-order valence-electron chi connectivity index (χ4n) is 1.80. The first-order valence-electron chi connectivity index (χ1n) is 5.31. The number of carbonyl (C=O) groups is 1. The number of hydrogen-bond donors (Lipinski definition) is 1. The number of carboxylic acid groups (broad SMARTS) is 1. The molecule has 92 valence electrons. The first kappa shape index (κ1) is 12.0. The molecule has 1 saturated carbocycles. The van der Waals surface area contributed by atoms with Crippen LogP contribution in [0.5, 0.6) is 0 Å². The molecular weight excluding hydrogens is 233 g/mol. The van der Waals surface area contributed by atoms with E-state index in [4.69, 9.17) is 5.11 Å². The Morgan fingerprint density at radius 1 is 1.35 bits per heavy atom. The third kappa shape index (κ3) is 2.78. The lowest BCUT2D eigenvalue weighted by Gasteiger charge is -2.11. The maximum atomic E-state index is 12.6. The molecule has 1 aromatic rings. The van der Waals surface area contributed by atoms with Crippen molar-refractivity contribution < 1.29 is 23.1 Å². The smallest absolute Gasteiger partial charge is 0.417 e. The topological polar surface area (TPSA) is 37.3 Å². The summed E-state index contributed by atoms with van der Waals surface area (Å²) in [5.41, 5.74) is -1.07. The molecule has 2 nitrogen and oxygen atoms in total. The number of alkyl halides is 3. The maximum absolute atomic E-state index is 12.6. The third-order valence-corrected chi connectivity index (χ3v) is 2.84. The minimum absolute atomic E-state index is 0.508. The summed E-state index contributed by atoms with van der Waals surface area (Å²) in [7, 11) is 0. The van der Waals surface area contributed by atoms with E-state index in [2.05, 4.69) is 0 Å². The van der Waals surface area contributed by atoms with Crippen molar-refractivity contribution in [2.75, 3.05) is 0 Å². The second-order valence-corrected chi connectivity index (χ2v) is 4.33. The van der Waals surface area contributed by atoms with Gasteiger partial charge in [0.05, 0.1) is 11.1 Å². The van der Waals surface area contributed by atoms with Gasteiger partial charge >= 0.3 is 12.1 Å². The number of benzene rings is 1. The number of aromatic carboxylic acids is 1. The highest BCUT2D eigenvalue weighted by Crippen LogP contribution is 2.35. The lowest BCUT2D eigenvalue weighted by molar-refractivity contribution is -0.138. The van der Waals surface area contributed by atoms with Gasteiger partial charge in [-0.25, -0.2) is 4.79 Å². The predicted octanol–water partition coefficient (Wildman–Crippen LogP) is 3.36. The summed E-state index contributed by atoms with van der Waals surface area (Å²) in [6, 6.07) is 3.37. The van der Waals surface area contributed by atoms with E-state index in [1.165, 1.54) is 6.07 Å². The van der Waals surface area contributed by atoms with Crippen molar-refractivity contribution in [3.05, 3.63) is 34.9 Å². The van der Waals surface area contributed by atoms with Crippen LogP contribution in [-0.2, 0) is 12.6 Å². The van der Waals surface area contributed by atoms with Gasteiger partial charge in [0.25, 0.3) is 0 Å². The Bertz CT molecular complexity index is 448. The molecular formula is C12H11F3O2. The van der Waals surface area contributed by atoms with Gasteiger partial charge in [-0.2, -0.15) is 13.2 Å². The van der Waals surface area contributed by atoms with E-state index in [-0.39, 0.29) is 0 Å². The minimum Gasteiger partial charge on any atom is -0.478 e. The van der Waals surface area contributed by atoms with Gasteiger partial charge in [0.1, 0.15) is 0 Å². The lowest BCUT2D eigenvalue weighted by Crippen LogP contribution is -2.13. The first-order valence-corrected chi connectivity index (χ1v) is 5.31. The van der Waals surface area contributed by atoms with Crippen molar-refractivity contribution in [1.29, 1.82) is 0 Å². The van der Waals surface area contributed by atoms with E-state index in [1.807, 2.05) is 0 Å². The normalized spacial score (nSPS) is 15.9. The van der Waals surface area contributed by atoms with Gasteiger partial charge in [-0.05, 0) is 42.9 Å². The van der Waals surface area contributed by atoms with Gasteiger partial charge in [-0.1, -0.05) is 6.07 Å². The molecule has 0 bridgehead atoms. The highest BCUT2D eigenvalue weighted by molar-refractivity contribution is 5.89. The molecule has 1 aromatic carbocycles. The molecule has 2 rings (SSSR count). The number of hydrogen-bond acceptors (Lipinski definition) is 1. The van der Waals surface area contributed by atoms with Crippen LogP contribution in [0.2, 0.25) is 0 Å². The Labute approximate surface area is 96.1 Å². The van der Waals surface area contributed by atoms with Crippen LogP contribution < -0.4 is 0 Å². The molecule has 0 amide bonds. The minimum atomic E-state index is -4.62. The van der Waals surface area contributed by atoms with Crippen molar-refractivity contribution in [2.45, 2.75) is 25.4 Å². The molecule has 1 aliphatic rings. The quantitative estimate of drug-likeness (QED) is 0.885. The Morgan fingerprint density at radius 2 is 2.00 bits per heavy atom. The second kappa shape index (κ2) is 4.05. The van der Waals surface area contributed by atoms with Crippen LogP contribution in [0.4, 0.5) is 13.2 Å². The average molecular weight is 244 g/mol. The van der Waals surface area contributed by atoms with Crippen LogP contribution in [-0.4, -0.2) is 11.1 Å². The highest BCUT2D eigenvalue weighted by atomic mass is 19.4. The van der Waals surface area contributed by atoms with Crippen LogP contribution in [0, 0.1) is 5.92 Å². The van der Waals surface area contributed by atoms with Crippen LogP contribution in [0.1, 0.15) is 34.3 Å². The van der Waals surface area contributed by atoms with Gasteiger partial charge in [0.2, 0.25) is 0 Å².